The van der Waals surface area contributed by atoms with Crippen LogP contribution in [0.25, 0.3) is 0 Å². The fourth-order valence-electron chi connectivity index (χ4n) is 1.85. The van der Waals surface area contributed by atoms with E-state index in [0.717, 1.165) is 31.0 Å². The Morgan fingerprint density at radius 2 is 2.20 bits per heavy atom. The standard InChI is InChI=1S/C11H18N4/c1-2-9-7-11(14-8-13-9)15-10-3-5-12-6-4-10/h7-8,10,12H,2-6H2,1H3,(H,13,14,15). The van der Waals surface area contributed by atoms with Gasteiger partial charge < -0.3 is 10.6 Å². The van der Waals surface area contributed by atoms with E-state index in [-0.39, 0.29) is 0 Å². The zero-order chi connectivity index (χ0) is 10.5. The molecule has 2 N–H and O–H groups in total. The number of hydrogen-bond acceptors (Lipinski definition) is 4. The molecule has 1 fully saturated rings. The van der Waals surface area contributed by atoms with E-state index in [0.29, 0.717) is 6.04 Å². The molecule has 0 spiro atoms. The van der Waals surface area contributed by atoms with Crippen molar-refractivity contribution in [3.05, 3.63) is 18.1 Å². The molecule has 0 aromatic carbocycles. The second kappa shape index (κ2) is 5.07. The fraction of sp³-hybridized carbons (Fsp3) is 0.636. The maximum Gasteiger partial charge on any atom is 0.129 e. The summed E-state index contributed by atoms with van der Waals surface area (Å²) in [6, 6.07) is 2.60. The third kappa shape index (κ3) is 2.89. The lowest BCUT2D eigenvalue weighted by Gasteiger charge is -2.24. The SMILES string of the molecule is CCc1cc(NC2CCNCC2)ncn1. The summed E-state index contributed by atoms with van der Waals surface area (Å²) in [4.78, 5) is 8.43. The zero-order valence-corrected chi connectivity index (χ0v) is 9.16. The smallest absolute Gasteiger partial charge is 0.129 e. The highest BCUT2D eigenvalue weighted by Gasteiger charge is 2.12. The molecule has 1 aromatic heterocycles. The first kappa shape index (κ1) is 10.4. The van der Waals surface area contributed by atoms with Crippen LogP contribution >= 0.6 is 0 Å². The van der Waals surface area contributed by atoms with Crippen molar-refractivity contribution in [3.8, 4) is 0 Å². The summed E-state index contributed by atoms with van der Waals surface area (Å²) in [7, 11) is 0. The van der Waals surface area contributed by atoms with E-state index < -0.39 is 0 Å². The number of nitrogens with zero attached hydrogens (tertiary/aromatic N) is 2. The molecule has 1 saturated heterocycles. The van der Waals surface area contributed by atoms with Crippen molar-refractivity contribution in [1.82, 2.24) is 15.3 Å². The number of aromatic nitrogens is 2. The molecule has 1 aliphatic heterocycles. The molecule has 2 rings (SSSR count). The van der Waals surface area contributed by atoms with Gasteiger partial charge in [0.05, 0.1) is 0 Å². The maximum atomic E-state index is 4.24. The number of nitrogens with one attached hydrogen (secondary N) is 2. The van der Waals surface area contributed by atoms with Gasteiger partial charge in [0.2, 0.25) is 0 Å². The molecule has 0 atom stereocenters. The molecule has 0 amide bonds. The van der Waals surface area contributed by atoms with E-state index in [9.17, 15) is 0 Å². The van der Waals surface area contributed by atoms with Crippen LogP contribution in [0.1, 0.15) is 25.5 Å². The molecule has 4 heteroatoms. The fourth-order valence-corrected chi connectivity index (χ4v) is 1.85. The van der Waals surface area contributed by atoms with Gasteiger partial charge in [0, 0.05) is 17.8 Å². The molecule has 4 nitrogen and oxygen atoms in total. The lowest BCUT2D eigenvalue weighted by atomic mass is 10.1. The van der Waals surface area contributed by atoms with Crippen LogP contribution in [0.5, 0.6) is 0 Å². The van der Waals surface area contributed by atoms with Crippen LogP contribution in [0.4, 0.5) is 5.82 Å². The Hall–Kier alpha value is -1.16. The first-order valence-corrected chi connectivity index (χ1v) is 5.66. The molecule has 0 saturated carbocycles. The first-order valence-electron chi connectivity index (χ1n) is 5.66. The molecule has 1 aliphatic rings. The van der Waals surface area contributed by atoms with Gasteiger partial charge in [-0.1, -0.05) is 6.92 Å². The highest BCUT2D eigenvalue weighted by Crippen LogP contribution is 2.11. The second-order valence-corrected chi connectivity index (χ2v) is 3.92. The minimum Gasteiger partial charge on any atom is -0.367 e. The molecule has 0 aliphatic carbocycles. The normalized spacial score (nSPS) is 17.7. The van der Waals surface area contributed by atoms with Crippen molar-refractivity contribution in [3.63, 3.8) is 0 Å². The summed E-state index contributed by atoms with van der Waals surface area (Å²) >= 11 is 0. The van der Waals surface area contributed by atoms with Gasteiger partial charge in [-0.2, -0.15) is 0 Å². The molecular weight excluding hydrogens is 188 g/mol. The molecule has 82 valence electrons. The van der Waals surface area contributed by atoms with Gasteiger partial charge in [0.1, 0.15) is 12.1 Å². The average molecular weight is 206 g/mol. The Balaban J connectivity index is 1.96. The lowest BCUT2D eigenvalue weighted by Crippen LogP contribution is -2.35. The summed E-state index contributed by atoms with van der Waals surface area (Å²) in [5, 5.41) is 6.81. The van der Waals surface area contributed by atoms with E-state index in [1.54, 1.807) is 6.33 Å². The highest BCUT2D eigenvalue weighted by molar-refractivity contribution is 5.36. The van der Waals surface area contributed by atoms with Crippen molar-refractivity contribution in [2.24, 2.45) is 0 Å². The van der Waals surface area contributed by atoms with Crippen molar-refractivity contribution in [2.75, 3.05) is 18.4 Å². The molecule has 15 heavy (non-hydrogen) atoms. The molecule has 0 bridgehead atoms. The van der Waals surface area contributed by atoms with Gasteiger partial charge in [-0.15, -0.1) is 0 Å². The Labute approximate surface area is 90.5 Å². The van der Waals surface area contributed by atoms with E-state index in [4.69, 9.17) is 0 Å². The van der Waals surface area contributed by atoms with Crippen molar-refractivity contribution in [1.29, 1.82) is 0 Å². The van der Waals surface area contributed by atoms with Crippen molar-refractivity contribution in [2.45, 2.75) is 32.2 Å². The first-order chi connectivity index (χ1) is 7.38. The summed E-state index contributed by atoms with van der Waals surface area (Å²) < 4.78 is 0. The largest absolute Gasteiger partial charge is 0.367 e. The Bertz CT molecular complexity index is 307. The second-order valence-electron chi connectivity index (χ2n) is 3.92. The summed E-state index contributed by atoms with van der Waals surface area (Å²) in [5.41, 5.74) is 1.10. The maximum absolute atomic E-state index is 4.24. The van der Waals surface area contributed by atoms with Crippen molar-refractivity contribution >= 4 is 5.82 Å². The molecule has 0 radical (unpaired) electrons. The average Bonchev–Trinajstić information content (AvgIpc) is 2.31. The van der Waals surface area contributed by atoms with E-state index in [1.807, 2.05) is 6.07 Å². The van der Waals surface area contributed by atoms with Gasteiger partial charge in [-0.25, -0.2) is 9.97 Å². The number of rotatable bonds is 3. The van der Waals surface area contributed by atoms with Crippen LogP contribution in [0.3, 0.4) is 0 Å². The number of hydrogen-bond donors (Lipinski definition) is 2. The van der Waals surface area contributed by atoms with Crippen LogP contribution in [-0.4, -0.2) is 29.1 Å². The molecule has 0 unspecified atom stereocenters. The van der Waals surface area contributed by atoms with Crippen LogP contribution in [0, 0.1) is 0 Å². The van der Waals surface area contributed by atoms with Gasteiger partial charge in [0.25, 0.3) is 0 Å². The number of aryl methyl sites for hydroxylation is 1. The zero-order valence-electron chi connectivity index (χ0n) is 9.16. The van der Waals surface area contributed by atoms with Gasteiger partial charge in [-0.3, -0.25) is 0 Å². The predicted octanol–water partition coefficient (Wildman–Crippen LogP) is 1.20. The number of anilines is 1. The summed E-state index contributed by atoms with van der Waals surface area (Å²) in [5.74, 6) is 0.966. The minimum atomic E-state index is 0.561. The summed E-state index contributed by atoms with van der Waals surface area (Å²) in [6.45, 7) is 4.31. The van der Waals surface area contributed by atoms with E-state index in [2.05, 4.69) is 27.5 Å². The monoisotopic (exact) mass is 206 g/mol. The van der Waals surface area contributed by atoms with Crippen LogP contribution < -0.4 is 10.6 Å². The van der Waals surface area contributed by atoms with E-state index in [1.165, 1.54) is 12.8 Å². The predicted molar refractivity (Wildman–Crippen MR) is 60.9 cm³/mol. The third-order valence-corrected chi connectivity index (χ3v) is 2.78. The van der Waals surface area contributed by atoms with Gasteiger partial charge in [0.15, 0.2) is 0 Å². The molecular formula is C11H18N4. The van der Waals surface area contributed by atoms with Crippen molar-refractivity contribution < 1.29 is 0 Å². The minimum absolute atomic E-state index is 0.561. The van der Waals surface area contributed by atoms with E-state index >= 15 is 0 Å². The lowest BCUT2D eigenvalue weighted by molar-refractivity contribution is 0.478. The van der Waals surface area contributed by atoms with Crippen LogP contribution in [0.15, 0.2) is 12.4 Å². The topological polar surface area (TPSA) is 49.8 Å². The number of piperidine rings is 1. The van der Waals surface area contributed by atoms with Crippen LogP contribution in [-0.2, 0) is 6.42 Å². The molecule has 1 aromatic rings. The molecule has 2 heterocycles. The van der Waals surface area contributed by atoms with Gasteiger partial charge >= 0.3 is 0 Å². The third-order valence-electron chi connectivity index (χ3n) is 2.78. The van der Waals surface area contributed by atoms with Gasteiger partial charge in [-0.05, 0) is 32.4 Å². The Kier molecular flexibility index (Phi) is 3.50. The summed E-state index contributed by atoms with van der Waals surface area (Å²) in [6.07, 6.45) is 4.95. The van der Waals surface area contributed by atoms with Crippen LogP contribution in [0.2, 0.25) is 0 Å². The highest BCUT2D eigenvalue weighted by atomic mass is 15.0. The Morgan fingerprint density at radius 1 is 1.40 bits per heavy atom. The Morgan fingerprint density at radius 3 is 2.93 bits per heavy atom. The quantitative estimate of drug-likeness (QED) is 0.780.